The maximum atomic E-state index is 9.87. The Morgan fingerprint density at radius 1 is 1.71 bits per heavy atom. The topological polar surface area (TPSA) is 37.3 Å². The summed E-state index contributed by atoms with van der Waals surface area (Å²) in [5.74, 6) is 0.229. The van der Waals surface area contributed by atoms with E-state index in [1.807, 2.05) is 0 Å². The Labute approximate surface area is 63.5 Å². The fourth-order valence-electron chi connectivity index (χ4n) is 0.335. The molecule has 0 saturated carbocycles. The van der Waals surface area contributed by atoms with Gasteiger partial charge in [0.15, 0.2) is 5.78 Å². The number of rotatable bonds is 0. The Morgan fingerprint density at radius 2 is 2.14 bits per heavy atom. The standard InChI is InChI=1S/C4H4O2.Na/c5-3-1-4(6)2-3;/h1,5H,2H2;. The molecule has 0 heterocycles. The third-order valence-corrected chi connectivity index (χ3v) is 0.683. The van der Waals surface area contributed by atoms with E-state index >= 15 is 0 Å². The van der Waals surface area contributed by atoms with Gasteiger partial charge in [0, 0.05) is 35.6 Å². The van der Waals surface area contributed by atoms with Crippen molar-refractivity contribution in [2.45, 2.75) is 6.42 Å². The molecule has 0 aliphatic heterocycles. The van der Waals surface area contributed by atoms with Crippen LogP contribution in [-0.2, 0) is 4.79 Å². The van der Waals surface area contributed by atoms with E-state index in [-0.39, 0.29) is 47.5 Å². The number of carbonyl (C=O) groups excluding carboxylic acids is 1. The Hall–Kier alpha value is 0.210. The van der Waals surface area contributed by atoms with Crippen molar-refractivity contribution in [3.63, 3.8) is 0 Å². The van der Waals surface area contributed by atoms with Gasteiger partial charge in [-0.1, -0.05) is 0 Å². The van der Waals surface area contributed by atoms with Crippen LogP contribution in [0.15, 0.2) is 11.8 Å². The molecule has 1 aliphatic rings. The van der Waals surface area contributed by atoms with Crippen molar-refractivity contribution in [2.75, 3.05) is 0 Å². The molecule has 1 radical (unpaired) electrons. The van der Waals surface area contributed by atoms with Crippen molar-refractivity contribution < 1.29 is 9.90 Å². The van der Waals surface area contributed by atoms with E-state index in [0.717, 1.165) is 0 Å². The van der Waals surface area contributed by atoms with Crippen LogP contribution >= 0.6 is 0 Å². The largest absolute Gasteiger partial charge is 0.512 e. The summed E-state index contributed by atoms with van der Waals surface area (Å²) in [5.41, 5.74) is 0. The van der Waals surface area contributed by atoms with Crippen molar-refractivity contribution >= 4 is 35.3 Å². The summed E-state index contributed by atoms with van der Waals surface area (Å²) in [4.78, 5) is 9.87. The van der Waals surface area contributed by atoms with Gasteiger partial charge in [0.1, 0.15) is 5.76 Å². The first kappa shape index (κ1) is 7.21. The van der Waals surface area contributed by atoms with E-state index < -0.39 is 0 Å². The van der Waals surface area contributed by atoms with Gasteiger partial charge in [-0.2, -0.15) is 0 Å². The summed E-state index contributed by atoms with van der Waals surface area (Å²) < 4.78 is 0. The SMILES string of the molecule is O=C1C=C(O)C1.[Na]. The molecule has 2 nitrogen and oxygen atoms in total. The molecular weight excluding hydrogens is 103 g/mol. The maximum Gasteiger partial charge on any atom is 0.166 e. The van der Waals surface area contributed by atoms with Crippen molar-refractivity contribution in [1.29, 1.82) is 0 Å². The second-order valence-corrected chi connectivity index (χ2v) is 1.28. The van der Waals surface area contributed by atoms with Gasteiger partial charge in [0.05, 0.1) is 6.42 Å². The summed E-state index contributed by atoms with van der Waals surface area (Å²) >= 11 is 0. The van der Waals surface area contributed by atoms with E-state index in [1.165, 1.54) is 6.08 Å². The molecule has 0 spiro atoms. The minimum absolute atomic E-state index is 0. The van der Waals surface area contributed by atoms with Gasteiger partial charge >= 0.3 is 0 Å². The molecule has 3 heteroatoms. The molecule has 0 fully saturated rings. The maximum absolute atomic E-state index is 9.87. The fourth-order valence-corrected chi connectivity index (χ4v) is 0.335. The molecule has 0 unspecified atom stereocenters. The molecule has 0 aromatic heterocycles. The third kappa shape index (κ3) is 1.63. The molecule has 33 valence electrons. The average Bonchev–Trinajstić information content (AvgIpc) is 1.33. The Bertz CT molecular complexity index is 117. The monoisotopic (exact) mass is 107 g/mol. The number of aliphatic hydroxyl groups is 1. The van der Waals surface area contributed by atoms with Crippen molar-refractivity contribution in [2.24, 2.45) is 0 Å². The number of aliphatic hydroxyl groups excluding tert-OH is 1. The first-order chi connectivity index (χ1) is 2.79. The molecule has 0 aromatic carbocycles. The molecule has 0 amide bonds. The smallest absolute Gasteiger partial charge is 0.166 e. The van der Waals surface area contributed by atoms with Crippen LogP contribution in [0.25, 0.3) is 0 Å². The van der Waals surface area contributed by atoms with Crippen LogP contribution in [0.1, 0.15) is 6.42 Å². The van der Waals surface area contributed by atoms with Gasteiger partial charge in [-0.15, -0.1) is 0 Å². The summed E-state index contributed by atoms with van der Waals surface area (Å²) in [6, 6.07) is 0. The van der Waals surface area contributed by atoms with Crippen molar-refractivity contribution in [3.05, 3.63) is 11.8 Å². The Balaban J connectivity index is 0.000000360. The number of allylic oxidation sites excluding steroid dienone is 2. The molecule has 0 aromatic rings. The van der Waals surface area contributed by atoms with E-state index in [9.17, 15) is 4.79 Å². The number of carbonyl (C=O) groups is 1. The molecule has 0 bridgehead atoms. The van der Waals surface area contributed by atoms with Crippen LogP contribution in [0.2, 0.25) is 0 Å². The van der Waals surface area contributed by atoms with Gasteiger partial charge in [0.25, 0.3) is 0 Å². The van der Waals surface area contributed by atoms with Crippen LogP contribution in [0.4, 0.5) is 0 Å². The van der Waals surface area contributed by atoms with Crippen LogP contribution in [0.3, 0.4) is 0 Å². The first-order valence-corrected chi connectivity index (χ1v) is 1.71. The number of hydrogen-bond donors (Lipinski definition) is 1. The third-order valence-electron chi connectivity index (χ3n) is 0.683. The zero-order valence-corrected chi connectivity index (χ0v) is 6.14. The molecule has 0 saturated heterocycles. The van der Waals surface area contributed by atoms with E-state index in [4.69, 9.17) is 5.11 Å². The predicted molar refractivity (Wildman–Crippen MR) is 26.1 cm³/mol. The molecule has 0 atom stereocenters. The normalized spacial score (nSPS) is 16.6. The minimum Gasteiger partial charge on any atom is -0.512 e. The molecule has 1 N–H and O–H groups in total. The van der Waals surface area contributed by atoms with Gasteiger partial charge in [-0.25, -0.2) is 0 Å². The van der Waals surface area contributed by atoms with Gasteiger partial charge < -0.3 is 5.11 Å². The second kappa shape index (κ2) is 2.50. The zero-order valence-electron chi connectivity index (χ0n) is 4.14. The fraction of sp³-hybridized carbons (Fsp3) is 0.250. The second-order valence-electron chi connectivity index (χ2n) is 1.28. The summed E-state index contributed by atoms with van der Waals surface area (Å²) in [6.45, 7) is 0. The van der Waals surface area contributed by atoms with E-state index in [2.05, 4.69) is 0 Å². The van der Waals surface area contributed by atoms with E-state index in [0.29, 0.717) is 0 Å². The summed E-state index contributed by atoms with van der Waals surface area (Å²) in [6.07, 6.45) is 1.47. The number of hydrogen-bond acceptors (Lipinski definition) is 2. The van der Waals surface area contributed by atoms with Crippen LogP contribution in [0.5, 0.6) is 0 Å². The Morgan fingerprint density at radius 3 is 2.14 bits per heavy atom. The van der Waals surface area contributed by atoms with Crippen LogP contribution in [-0.4, -0.2) is 40.4 Å². The van der Waals surface area contributed by atoms with Crippen molar-refractivity contribution in [3.8, 4) is 0 Å². The minimum atomic E-state index is 0. The average molecular weight is 107 g/mol. The number of ketones is 1. The zero-order chi connectivity index (χ0) is 4.57. The van der Waals surface area contributed by atoms with Crippen molar-refractivity contribution in [1.82, 2.24) is 0 Å². The van der Waals surface area contributed by atoms with Crippen LogP contribution < -0.4 is 0 Å². The van der Waals surface area contributed by atoms with E-state index in [1.54, 1.807) is 0 Å². The van der Waals surface area contributed by atoms with Gasteiger partial charge in [-0.05, 0) is 0 Å². The first-order valence-electron chi connectivity index (χ1n) is 1.71. The quantitative estimate of drug-likeness (QED) is 0.443. The molecular formula is C4H4NaO2. The van der Waals surface area contributed by atoms with Crippen LogP contribution in [0, 0.1) is 0 Å². The van der Waals surface area contributed by atoms with Gasteiger partial charge in [0.2, 0.25) is 0 Å². The van der Waals surface area contributed by atoms with Gasteiger partial charge in [-0.3, -0.25) is 4.79 Å². The predicted octanol–water partition coefficient (Wildman–Crippen LogP) is 0.0203. The summed E-state index contributed by atoms with van der Waals surface area (Å²) in [5, 5.41) is 8.26. The Kier molecular flexibility index (Phi) is 2.58. The summed E-state index contributed by atoms with van der Waals surface area (Å²) in [7, 11) is 0. The molecule has 1 aliphatic carbocycles. The molecule has 1 rings (SSSR count). The molecule has 7 heavy (non-hydrogen) atoms.